The molecule has 4 rings (SSSR count). The summed E-state index contributed by atoms with van der Waals surface area (Å²) in [5.41, 5.74) is 2.40. The van der Waals surface area contributed by atoms with E-state index in [1.54, 1.807) is 11.3 Å². The maximum atomic E-state index is 11.9. The van der Waals surface area contributed by atoms with Gasteiger partial charge < -0.3 is 15.0 Å². The Hall–Kier alpha value is -1.70. The van der Waals surface area contributed by atoms with Crippen molar-refractivity contribution in [2.75, 3.05) is 37.7 Å². The van der Waals surface area contributed by atoms with Crippen LogP contribution in [0.4, 0.5) is 5.69 Å². The lowest BCUT2D eigenvalue weighted by Crippen LogP contribution is -2.43. The van der Waals surface area contributed by atoms with E-state index in [4.69, 9.17) is 4.74 Å². The van der Waals surface area contributed by atoms with E-state index in [9.17, 15) is 4.79 Å². The van der Waals surface area contributed by atoms with E-state index in [0.717, 1.165) is 67.4 Å². The first-order chi connectivity index (χ1) is 13.7. The summed E-state index contributed by atoms with van der Waals surface area (Å²) < 4.78 is 5.17. The quantitative estimate of drug-likeness (QED) is 0.717. The zero-order valence-electron chi connectivity index (χ0n) is 16.8. The molecule has 0 bridgehead atoms. The Balaban J connectivity index is 0.00000240. The zero-order valence-corrected chi connectivity index (χ0v) is 18.4. The molecule has 0 unspecified atom stereocenters. The van der Waals surface area contributed by atoms with Crippen molar-refractivity contribution in [3.8, 4) is 10.6 Å². The first-order valence-electron chi connectivity index (χ1n) is 10.3. The summed E-state index contributed by atoms with van der Waals surface area (Å²) >= 11 is 1.69. The number of halogens is 1. The van der Waals surface area contributed by atoms with Gasteiger partial charge in [0.05, 0.1) is 12.5 Å². The maximum absolute atomic E-state index is 11.9. The Morgan fingerprint density at radius 2 is 1.83 bits per heavy atom. The van der Waals surface area contributed by atoms with Crippen molar-refractivity contribution in [1.29, 1.82) is 0 Å². The highest BCUT2D eigenvalue weighted by atomic mass is 35.5. The standard InChI is InChI=1S/C21H28N4O2S.ClH/c1-2-27-21(26)17-5-3-15(4-6-17)19-23-24-20(28-19)16-7-9-18(10-8-16)25-13-11-22-12-14-25;/h7-10,15,17,22H,2-6,11-14H2,1H3;1H/t15-,17-;. The molecule has 2 heterocycles. The fourth-order valence-corrected chi connectivity index (χ4v) is 5.11. The van der Waals surface area contributed by atoms with E-state index in [1.165, 1.54) is 5.69 Å². The van der Waals surface area contributed by atoms with Gasteiger partial charge in [-0.1, -0.05) is 11.3 Å². The van der Waals surface area contributed by atoms with Gasteiger partial charge in [-0.2, -0.15) is 0 Å². The van der Waals surface area contributed by atoms with E-state index in [1.807, 2.05) is 6.92 Å². The van der Waals surface area contributed by atoms with Gasteiger partial charge in [-0.05, 0) is 56.9 Å². The smallest absolute Gasteiger partial charge is 0.308 e. The first kappa shape index (κ1) is 22.0. The topological polar surface area (TPSA) is 67.3 Å². The van der Waals surface area contributed by atoms with Gasteiger partial charge in [-0.15, -0.1) is 22.6 Å². The van der Waals surface area contributed by atoms with Crippen LogP contribution in [0.15, 0.2) is 24.3 Å². The van der Waals surface area contributed by atoms with Crippen LogP contribution in [-0.2, 0) is 9.53 Å². The number of aromatic nitrogens is 2. The molecular weight excluding hydrogens is 408 g/mol. The van der Waals surface area contributed by atoms with Crippen LogP contribution in [0.3, 0.4) is 0 Å². The van der Waals surface area contributed by atoms with Crippen molar-refractivity contribution in [2.45, 2.75) is 38.5 Å². The predicted molar refractivity (Wildman–Crippen MR) is 119 cm³/mol. The molecule has 1 aliphatic heterocycles. The molecule has 0 radical (unpaired) electrons. The Bertz CT molecular complexity index is 784. The van der Waals surface area contributed by atoms with Crippen LogP contribution in [0.1, 0.15) is 43.5 Å². The second-order valence-electron chi connectivity index (χ2n) is 7.53. The normalized spacial score (nSPS) is 22.0. The van der Waals surface area contributed by atoms with Crippen LogP contribution in [0.5, 0.6) is 0 Å². The molecule has 0 spiro atoms. The second kappa shape index (κ2) is 10.4. The number of carbonyl (C=O) groups excluding carboxylic acids is 1. The molecule has 29 heavy (non-hydrogen) atoms. The Morgan fingerprint density at radius 3 is 2.48 bits per heavy atom. The minimum Gasteiger partial charge on any atom is -0.466 e. The Morgan fingerprint density at radius 1 is 1.14 bits per heavy atom. The number of rotatable bonds is 5. The summed E-state index contributed by atoms with van der Waals surface area (Å²) in [5.74, 6) is 0.432. The highest BCUT2D eigenvalue weighted by Crippen LogP contribution is 2.39. The van der Waals surface area contributed by atoms with Gasteiger partial charge in [0, 0.05) is 43.3 Å². The molecule has 8 heteroatoms. The summed E-state index contributed by atoms with van der Waals surface area (Å²) in [6, 6.07) is 8.68. The molecule has 1 saturated heterocycles. The lowest BCUT2D eigenvalue weighted by atomic mass is 9.82. The van der Waals surface area contributed by atoms with Crippen LogP contribution in [0.25, 0.3) is 10.6 Å². The third kappa shape index (κ3) is 5.27. The molecule has 0 atom stereocenters. The average molecular weight is 437 g/mol. The number of nitrogens with zero attached hydrogens (tertiary/aromatic N) is 3. The van der Waals surface area contributed by atoms with E-state index in [-0.39, 0.29) is 24.3 Å². The molecule has 0 amide bonds. The van der Waals surface area contributed by atoms with E-state index in [0.29, 0.717) is 12.5 Å². The van der Waals surface area contributed by atoms with Gasteiger partial charge in [-0.25, -0.2) is 0 Å². The fourth-order valence-electron chi connectivity index (χ4n) is 4.09. The van der Waals surface area contributed by atoms with Crippen LogP contribution in [0.2, 0.25) is 0 Å². The summed E-state index contributed by atoms with van der Waals surface area (Å²) in [7, 11) is 0. The number of hydrogen-bond acceptors (Lipinski definition) is 7. The summed E-state index contributed by atoms with van der Waals surface area (Å²) in [6.07, 6.45) is 3.75. The van der Waals surface area contributed by atoms with Gasteiger partial charge in [-0.3, -0.25) is 4.79 Å². The number of nitrogens with one attached hydrogen (secondary N) is 1. The molecule has 2 fully saturated rings. The highest BCUT2D eigenvalue weighted by molar-refractivity contribution is 7.14. The van der Waals surface area contributed by atoms with Crippen LogP contribution in [0, 0.1) is 5.92 Å². The fraction of sp³-hybridized carbons (Fsp3) is 0.571. The number of piperazine rings is 1. The molecule has 1 aliphatic carbocycles. The van der Waals surface area contributed by atoms with Crippen molar-refractivity contribution in [3.63, 3.8) is 0 Å². The molecule has 1 saturated carbocycles. The number of hydrogen-bond donors (Lipinski definition) is 1. The predicted octanol–water partition coefficient (Wildman–Crippen LogP) is 3.87. The van der Waals surface area contributed by atoms with Crippen LogP contribution < -0.4 is 10.2 Å². The molecule has 2 aliphatic rings. The molecule has 1 aromatic carbocycles. The third-order valence-electron chi connectivity index (χ3n) is 5.73. The van der Waals surface area contributed by atoms with Crippen molar-refractivity contribution >= 4 is 35.4 Å². The number of anilines is 1. The highest BCUT2D eigenvalue weighted by Gasteiger charge is 2.29. The van der Waals surface area contributed by atoms with Crippen molar-refractivity contribution in [1.82, 2.24) is 15.5 Å². The van der Waals surface area contributed by atoms with Gasteiger partial charge >= 0.3 is 5.97 Å². The Labute approximate surface area is 182 Å². The van der Waals surface area contributed by atoms with Gasteiger partial charge in [0.2, 0.25) is 0 Å². The molecule has 6 nitrogen and oxygen atoms in total. The molecular formula is C21H29ClN4O2S. The van der Waals surface area contributed by atoms with Gasteiger partial charge in [0.15, 0.2) is 0 Å². The van der Waals surface area contributed by atoms with Crippen molar-refractivity contribution < 1.29 is 9.53 Å². The Kier molecular flexibility index (Phi) is 7.86. The van der Waals surface area contributed by atoms with Crippen LogP contribution in [-0.4, -0.2) is 49.0 Å². The minimum absolute atomic E-state index is 0. The number of benzene rings is 1. The largest absolute Gasteiger partial charge is 0.466 e. The first-order valence-corrected chi connectivity index (χ1v) is 11.1. The maximum Gasteiger partial charge on any atom is 0.308 e. The van der Waals surface area contributed by atoms with Gasteiger partial charge in [0.1, 0.15) is 10.0 Å². The number of ether oxygens (including phenoxy) is 1. The minimum atomic E-state index is -0.0384. The van der Waals surface area contributed by atoms with E-state index in [2.05, 4.69) is 44.7 Å². The summed E-state index contributed by atoms with van der Waals surface area (Å²) in [4.78, 5) is 14.3. The van der Waals surface area contributed by atoms with Crippen molar-refractivity contribution in [2.24, 2.45) is 5.92 Å². The number of esters is 1. The molecule has 158 valence electrons. The molecule has 1 N–H and O–H groups in total. The monoisotopic (exact) mass is 436 g/mol. The van der Waals surface area contributed by atoms with Crippen LogP contribution >= 0.6 is 23.7 Å². The van der Waals surface area contributed by atoms with E-state index >= 15 is 0 Å². The van der Waals surface area contributed by atoms with Gasteiger partial charge in [0.25, 0.3) is 0 Å². The molecule has 1 aromatic heterocycles. The third-order valence-corrected chi connectivity index (χ3v) is 6.87. The lowest BCUT2D eigenvalue weighted by Gasteiger charge is -2.29. The zero-order chi connectivity index (χ0) is 19.3. The second-order valence-corrected chi connectivity index (χ2v) is 8.54. The number of carbonyl (C=O) groups is 1. The summed E-state index contributed by atoms with van der Waals surface area (Å²) in [6.45, 7) is 6.52. The van der Waals surface area contributed by atoms with Crippen molar-refractivity contribution in [3.05, 3.63) is 29.3 Å². The summed E-state index contributed by atoms with van der Waals surface area (Å²) in [5, 5.41) is 14.4. The lowest BCUT2D eigenvalue weighted by molar-refractivity contribution is -0.149. The average Bonchev–Trinajstić information content (AvgIpc) is 3.25. The van der Waals surface area contributed by atoms with E-state index < -0.39 is 0 Å². The molecule has 2 aromatic rings. The SMILES string of the molecule is CCOC(=O)[C@H]1CC[C@H](c2nnc(-c3ccc(N4CCNCC4)cc3)s2)CC1.Cl.